The fourth-order valence-corrected chi connectivity index (χ4v) is 3.83. The van der Waals surface area contributed by atoms with Gasteiger partial charge >= 0.3 is 0 Å². The lowest BCUT2D eigenvalue weighted by atomic mass is 9.97. The molecule has 4 heteroatoms. The van der Waals surface area contributed by atoms with Crippen molar-refractivity contribution < 1.29 is 9.53 Å². The molecule has 1 rings (SSSR count). The summed E-state index contributed by atoms with van der Waals surface area (Å²) >= 11 is 0. The van der Waals surface area contributed by atoms with E-state index in [4.69, 9.17) is 4.43 Å². The maximum absolute atomic E-state index is 9.45. The third-order valence-electron chi connectivity index (χ3n) is 2.52. The van der Waals surface area contributed by atoms with E-state index in [2.05, 4.69) is 38.8 Å². The lowest BCUT2D eigenvalue weighted by Gasteiger charge is -2.37. The first-order valence-electron chi connectivity index (χ1n) is 5.32. The Hall–Kier alpha value is 0.0969. The Morgan fingerprint density at radius 3 is 2.29 bits per heavy atom. The van der Waals surface area contributed by atoms with Gasteiger partial charge in [-0.15, -0.1) is 0 Å². The van der Waals surface area contributed by atoms with Gasteiger partial charge in [0, 0.05) is 12.6 Å². The Kier molecular flexibility index (Phi) is 3.41. The van der Waals surface area contributed by atoms with Crippen LogP contribution < -0.4 is 5.32 Å². The summed E-state index contributed by atoms with van der Waals surface area (Å²) in [7, 11) is -1.50. The largest absolute Gasteiger partial charge is 0.411 e. The maximum Gasteiger partial charge on any atom is 0.184 e. The number of hydrogen-bond donors (Lipinski definition) is 2. The Bertz CT molecular complexity index is 201. The van der Waals surface area contributed by atoms with Gasteiger partial charge in [0.1, 0.15) is 0 Å². The highest BCUT2D eigenvalue weighted by Gasteiger charge is 2.38. The molecular weight excluding hydrogens is 194 g/mol. The molecule has 0 aliphatic carbocycles. The highest BCUT2D eigenvalue weighted by molar-refractivity contribution is 6.69. The van der Waals surface area contributed by atoms with Gasteiger partial charge in [-0.3, -0.25) is 0 Å². The summed E-state index contributed by atoms with van der Waals surface area (Å²) in [6.07, 6.45) is 0.599. The van der Waals surface area contributed by atoms with E-state index in [1.54, 1.807) is 0 Å². The van der Waals surface area contributed by atoms with Crippen LogP contribution in [-0.2, 0) is 4.43 Å². The zero-order chi connectivity index (χ0) is 11.0. The van der Waals surface area contributed by atoms with E-state index in [1.807, 2.05) is 0 Å². The first-order chi connectivity index (χ1) is 6.21. The molecule has 0 aromatic rings. The molecule has 2 atom stereocenters. The van der Waals surface area contributed by atoms with Crippen LogP contribution in [0.3, 0.4) is 0 Å². The van der Waals surface area contributed by atoms with E-state index in [1.165, 1.54) is 0 Å². The van der Waals surface area contributed by atoms with Crippen LogP contribution in [0.25, 0.3) is 0 Å². The molecule has 14 heavy (non-hydrogen) atoms. The summed E-state index contributed by atoms with van der Waals surface area (Å²) in [4.78, 5) is 0. The zero-order valence-electron chi connectivity index (χ0n) is 9.92. The van der Waals surface area contributed by atoms with Crippen molar-refractivity contribution in [2.75, 3.05) is 6.54 Å². The van der Waals surface area contributed by atoms with Crippen molar-refractivity contribution in [1.29, 1.82) is 0 Å². The van der Waals surface area contributed by atoms with E-state index in [0.717, 1.165) is 6.42 Å². The second-order valence-electron chi connectivity index (χ2n) is 5.67. The quantitative estimate of drug-likeness (QED) is 0.701. The van der Waals surface area contributed by atoms with E-state index in [9.17, 15) is 5.11 Å². The van der Waals surface area contributed by atoms with E-state index < -0.39 is 8.32 Å². The monoisotopic (exact) mass is 217 g/mol. The Morgan fingerprint density at radius 1 is 1.36 bits per heavy atom. The molecule has 0 aromatic heterocycles. The lowest BCUT2D eigenvalue weighted by molar-refractivity contribution is 0.0586. The minimum absolute atomic E-state index is 0.165. The topological polar surface area (TPSA) is 41.5 Å². The molecule has 0 unspecified atom stereocenters. The molecule has 0 saturated carbocycles. The number of nitrogens with one attached hydrogen (secondary N) is 1. The van der Waals surface area contributed by atoms with Gasteiger partial charge in [0.2, 0.25) is 0 Å². The lowest BCUT2D eigenvalue weighted by Crippen LogP contribution is -2.50. The van der Waals surface area contributed by atoms with Crippen molar-refractivity contribution in [2.45, 2.75) is 57.7 Å². The van der Waals surface area contributed by atoms with Crippen LogP contribution in [0.4, 0.5) is 0 Å². The predicted molar refractivity (Wildman–Crippen MR) is 60.9 cm³/mol. The molecule has 1 heterocycles. The SMILES string of the molecule is CC(C)(O[Si](C)(C)C)[C@@H]1C[C@@H](O)CN1. The minimum Gasteiger partial charge on any atom is -0.411 e. The standard InChI is InChI=1S/C10H23NO2Si/c1-10(2,13-14(3,4)5)9-6-8(12)7-11-9/h8-9,11-12H,6-7H2,1-5H3/t8-,9+/m1/s1. The molecule has 0 amide bonds. The van der Waals surface area contributed by atoms with Crippen molar-refractivity contribution in [3.05, 3.63) is 0 Å². The van der Waals surface area contributed by atoms with Crippen LogP contribution >= 0.6 is 0 Å². The van der Waals surface area contributed by atoms with Crippen molar-refractivity contribution in [1.82, 2.24) is 5.32 Å². The molecule has 84 valence electrons. The zero-order valence-corrected chi connectivity index (χ0v) is 10.9. The van der Waals surface area contributed by atoms with Crippen LogP contribution in [0.1, 0.15) is 20.3 Å². The maximum atomic E-state index is 9.45. The highest BCUT2D eigenvalue weighted by Crippen LogP contribution is 2.26. The van der Waals surface area contributed by atoms with Crippen LogP contribution in [0.2, 0.25) is 19.6 Å². The summed E-state index contributed by atoms with van der Waals surface area (Å²) in [5.41, 5.74) is -0.165. The Morgan fingerprint density at radius 2 is 1.93 bits per heavy atom. The number of rotatable bonds is 3. The summed E-state index contributed by atoms with van der Waals surface area (Å²) in [6.45, 7) is 11.5. The number of β-amino-alcohol motifs (C(OH)–C–C–N with tert-alkyl or cyclic N) is 1. The second kappa shape index (κ2) is 3.93. The average Bonchev–Trinajstić information content (AvgIpc) is 2.29. The van der Waals surface area contributed by atoms with Gasteiger partial charge < -0.3 is 14.8 Å². The molecule has 1 fully saturated rings. The fraction of sp³-hybridized carbons (Fsp3) is 1.00. The van der Waals surface area contributed by atoms with Crippen molar-refractivity contribution >= 4 is 8.32 Å². The molecule has 1 aliphatic heterocycles. The average molecular weight is 217 g/mol. The predicted octanol–water partition coefficient (Wildman–Crippen LogP) is 1.34. The first kappa shape index (κ1) is 12.2. The number of aliphatic hydroxyl groups excluding tert-OH is 1. The number of aliphatic hydroxyl groups is 1. The normalized spacial score (nSPS) is 29.6. The van der Waals surface area contributed by atoms with E-state index in [0.29, 0.717) is 6.54 Å². The number of hydrogen-bond acceptors (Lipinski definition) is 3. The third kappa shape index (κ3) is 3.35. The highest BCUT2D eigenvalue weighted by atomic mass is 28.4. The van der Waals surface area contributed by atoms with Gasteiger partial charge in [0.25, 0.3) is 0 Å². The smallest absolute Gasteiger partial charge is 0.184 e. The van der Waals surface area contributed by atoms with Crippen LogP contribution in [0.15, 0.2) is 0 Å². The van der Waals surface area contributed by atoms with Crippen LogP contribution in [0, 0.1) is 0 Å². The molecule has 1 aliphatic rings. The molecule has 0 aromatic carbocycles. The summed E-state index contributed by atoms with van der Waals surface area (Å²) in [5.74, 6) is 0. The van der Waals surface area contributed by atoms with Gasteiger partial charge in [-0.2, -0.15) is 0 Å². The van der Waals surface area contributed by atoms with Crippen LogP contribution in [0.5, 0.6) is 0 Å². The summed E-state index contributed by atoms with van der Waals surface area (Å²) in [6, 6.07) is 0.282. The first-order valence-corrected chi connectivity index (χ1v) is 8.73. The fourth-order valence-electron chi connectivity index (χ4n) is 2.11. The van der Waals surface area contributed by atoms with Crippen LogP contribution in [-0.4, -0.2) is 37.7 Å². The molecule has 1 saturated heterocycles. The molecular formula is C10H23NO2Si. The van der Waals surface area contributed by atoms with Crippen molar-refractivity contribution in [3.8, 4) is 0 Å². The van der Waals surface area contributed by atoms with Gasteiger partial charge in [-0.05, 0) is 39.9 Å². The second-order valence-corrected chi connectivity index (χ2v) is 10.1. The van der Waals surface area contributed by atoms with E-state index in [-0.39, 0.29) is 17.7 Å². The summed E-state index contributed by atoms with van der Waals surface area (Å²) in [5, 5.41) is 12.8. The molecule has 0 radical (unpaired) electrons. The third-order valence-corrected chi connectivity index (χ3v) is 3.65. The van der Waals surface area contributed by atoms with Gasteiger partial charge in [0.05, 0.1) is 11.7 Å². The molecule has 3 nitrogen and oxygen atoms in total. The molecule has 0 spiro atoms. The van der Waals surface area contributed by atoms with E-state index >= 15 is 0 Å². The van der Waals surface area contributed by atoms with Crippen molar-refractivity contribution in [2.24, 2.45) is 0 Å². The van der Waals surface area contributed by atoms with Gasteiger partial charge in [-0.1, -0.05) is 0 Å². The summed E-state index contributed by atoms with van der Waals surface area (Å²) < 4.78 is 6.12. The Labute approximate surface area is 88.0 Å². The molecule has 0 bridgehead atoms. The van der Waals surface area contributed by atoms with Crippen molar-refractivity contribution in [3.63, 3.8) is 0 Å². The minimum atomic E-state index is -1.50. The molecule has 2 N–H and O–H groups in total. The van der Waals surface area contributed by atoms with Gasteiger partial charge in [0.15, 0.2) is 8.32 Å². The van der Waals surface area contributed by atoms with Gasteiger partial charge in [-0.25, -0.2) is 0 Å². The Balaban J connectivity index is 2.56.